The number of amides is 1. The van der Waals surface area contributed by atoms with Gasteiger partial charge in [-0.3, -0.25) is 20.2 Å². The lowest BCUT2D eigenvalue weighted by molar-refractivity contribution is -0.384. The predicted molar refractivity (Wildman–Crippen MR) is 103 cm³/mol. The van der Waals surface area contributed by atoms with Crippen molar-refractivity contribution in [3.05, 3.63) is 76.2 Å². The Balaban J connectivity index is 1.70. The zero-order valence-electron chi connectivity index (χ0n) is 14.1. The second kappa shape index (κ2) is 7.75. The molecule has 1 amide bonds. The molecule has 0 unspecified atom stereocenters. The first-order valence-electron chi connectivity index (χ1n) is 7.82. The molecule has 27 heavy (non-hydrogen) atoms. The van der Waals surface area contributed by atoms with Crippen molar-refractivity contribution in [1.29, 1.82) is 0 Å². The van der Waals surface area contributed by atoms with E-state index in [0.717, 1.165) is 5.56 Å². The van der Waals surface area contributed by atoms with Crippen molar-refractivity contribution in [1.82, 2.24) is 10.3 Å². The van der Waals surface area contributed by atoms with Crippen molar-refractivity contribution in [2.45, 2.75) is 6.92 Å². The van der Waals surface area contributed by atoms with Crippen LogP contribution in [-0.4, -0.2) is 20.9 Å². The minimum Gasteiger partial charge on any atom is -0.451 e. The molecule has 1 aromatic carbocycles. The summed E-state index contributed by atoms with van der Waals surface area (Å²) < 4.78 is 5.50. The molecule has 0 aliphatic carbocycles. The number of anilines is 1. The number of carbonyl (C=O) groups excluding carboxylic acids is 1. The molecule has 9 heteroatoms. The van der Waals surface area contributed by atoms with Crippen LogP contribution in [0.2, 0.25) is 0 Å². The van der Waals surface area contributed by atoms with Gasteiger partial charge in [0.25, 0.3) is 11.6 Å². The van der Waals surface area contributed by atoms with E-state index in [-0.39, 0.29) is 16.6 Å². The van der Waals surface area contributed by atoms with Crippen molar-refractivity contribution in [2.75, 3.05) is 5.32 Å². The van der Waals surface area contributed by atoms with Crippen LogP contribution in [0.5, 0.6) is 0 Å². The number of pyridine rings is 1. The van der Waals surface area contributed by atoms with Crippen LogP contribution in [0, 0.1) is 17.0 Å². The van der Waals surface area contributed by atoms with Gasteiger partial charge in [0.15, 0.2) is 10.9 Å². The van der Waals surface area contributed by atoms with E-state index in [4.69, 9.17) is 16.6 Å². The molecule has 2 heterocycles. The van der Waals surface area contributed by atoms with Crippen molar-refractivity contribution in [2.24, 2.45) is 0 Å². The Labute approximate surface area is 159 Å². The molecule has 3 rings (SSSR count). The second-order valence-corrected chi connectivity index (χ2v) is 5.96. The molecule has 0 aliphatic rings. The standard InChI is InChI=1S/C18H14N4O4S/c1-11-4-3-9-19-16(11)20-18(27)21-17(23)15-8-7-14(26-15)12-5-2-6-13(10-12)22(24)25/h2-10H,1H3,(H2,19,20,21,23,27). The second-order valence-electron chi connectivity index (χ2n) is 5.55. The number of nitro benzene ring substituents is 1. The third-order valence-electron chi connectivity index (χ3n) is 3.64. The number of carbonyl (C=O) groups is 1. The number of rotatable bonds is 4. The first-order valence-corrected chi connectivity index (χ1v) is 8.23. The van der Waals surface area contributed by atoms with E-state index in [1.807, 2.05) is 13.0 Å². The number of non-ortho nitro benzene ring substituents is 1. The van der Waals surface area contributed by atoms with Gasteiger partial charge in [-0.25, -0.2) is 4.98 Å². The van der Waals surface area contributed by atoms with Gasteiger partial charge >= 0.3 is 0 Å². The number of hydrogen-bond acceptors (Lipinski definition) is 6. The monoisotopic (exact) mass is 382 g/mol. The maximum Gasteiger partial charge on any atom is 0.293 e. The molecule has 2 N–H and O–H groups in total. The Bertz CT molecular complexity index is 1030. The highest BCUT2D eigenvalue weighted by Gasteiger charge is 2.15. The summed E-state index contributed by atoms with van der Waals surface area (Å²) in [6.07, 6.45) is 1.61. The molecule has 0 fully saturated rings. The van der Waals surface area contributed by atoms with Crippen LogP contribution in [0.1, 0.15) is 16.1 Å². The lowest BCUT2D eigenvalue weighted by atomic mass is 10.1. The van der Waals surface area contributed by atoms with E-state index in [1.165, 1.54) is 18.2 Å². The third kappa shape index (κ3) is 4.33. The SMILES string of the molecule is Cc1cccnc1NC(=S)NC(=O)c1ccc(-c2cccc([N+](=O)[O-])c2)o1. The fourth-order valence-electron chi connectivity index (χ4n) is 2.31. The maximum atomic E-state index is 12.3. The first kappa shape index (κ1) is 18.2. The van der Waals surface area contributed by atoms with Crippen LogP contribution in [0.25, 0.3) is 11.3 Å². The molecule has 0 spiro atoms. The Kier molecular flexibility index (Phi) is 5.23. The predicted octanol–water partition coefficient (Wildman–Crippen LogP) is 3.69. The van der Waals surface area contributed by atoms with Crippen LogP contribution in [0.4, 0.5) is 11.5 Å². The number of aromatic nitrogens is 1. The molecule has 0 saturated carbocycles. The lowest BCUT2D eigenvalue weighted by Gasteiger charge is -2.09. The highest BCUT2D eigenvalue weighted by molar-refractivity contribution is 7.80. The molecular formula is C18H14N4O4S. The van der Waals surface area contributed by atoms with Gasteiger partial charge in [-0.2, -0.15) is 0 Å². The average molecular weight is 382 g/mol. The molecule has 136 valence electrons. The van der Waals surface area contributed by atoms with Crippen molar-refractivity contribution in [3.8, 4) is 11.3 Å². The van der Waals surface area contributed by atoms with Crippen molar-refractivity contribution in [3.63, 3.8) is 0 Å². The summed E-state index contributed by atoms with van der Waals surface area (Å²) in [6.45, 7) is 1.86. The highest BCUT2D eigenvalue weighted by atomic mass is 32.1. The van der Waals surface area contributed by atoms with Crippen LogP contribution < -0.4 is 10.6 Å². The molecule has 2 aromatic heterocycles. The summed E-state index contributed by atoms with van der Waals surface area (Å²) >= 11 is 5.12. The number of hydrogen-bond donors (Lipinski definition) is 2. The summed E-state index contributed by atoms with van der Waals surface area (Å²) in [5, 5.41) is 16.3. The quantitative estimate of drug-likeness (QED) is 0.402. The van der Waals surface area contributed by atoms with E-state index in [2.05, 4.69) is 15.6 Å². The Morgan fingerprint density at radius 1 is 1.22 bits per heavy atom. The summed E-state index contributed by atoms with van der Waals surface area (Å²) in [6, 6.07) is 12.6. The topological polar surface area (TPSA) is 110 Å². The van der Waals surface area contributed by atoms with Crippen LogP contribution >= 0.6 is 12.2 Å². The number of nitrogens with zero attached hydrogens (tertiary/aromatic N) is 2. The molecular weight excluding hydrogens is 368 g/mol. The zero-order chi connectivity index (χ0) is 19.4. The Hall–Kier alpha value is -3.59. The highest BCUT2D eigenvalue weighted by Crippen LogP contribution is 2.25. The van der Waals surface area contributed by atoms with Crippen molar-refractivity contribution < 1.29 is 14.1 Å². The van der Waals surface area contributed by atoms with Crippen LogP contribution in [-0.2, 0) is 0 Å². The minimum atomic E-state index is -0.544. The minimum absolute atomic E-state index is 0.0263. The van der Waals surface area contributed by atoms with Crippen LogP contribution in [0.15, 0.2) is 59.1 Å². The largest absolute Gasteiger partial charge is 0.451 e. The Morgan fingerprint density at radius 2 is 2.04 bits per heavy atom. The summed E-state index contributed by atoms with van der Waals surface area (Å²) in [5.74, 6) is 0.360. The molecule has 0 bridgehead atoms. The van der Waals surface area contributed by atoms with Gasteiger partial charge in [0.2, 0.25) is 0 Å². The molecule has 0 saturated heterocycles. The van der Waals surface area contributed by atoms with E-state index in [9.17, 15) is 14.9 Å². The first-order chi connectivity index (χ1) is 12.9. The van der Waals surface area contributed by atoms with Crippen molar-refractivity contribution >= 4 is 34.7 Å². The van der Waals surface area contributed by atoms with Gasteiger partial charge in [0.05, 0.1) is 4.92 Å². The third-order valence-corrected chi connectivity index (χ3v) is 3.84. The van der Waals surface area contributed by atoms with Gasteiger partial charge in [-0.05, 0) is 42.9 Å². The smallest absolute Gasteiger partial charge is 0.293 e. The van der Waals surface area contributed by atoms with Gasteiger partial charge in [0.1, 0.15) is 11.6 Å². The fourth-order valence-corrected chi connectivity index (χ4v) is 2.50. The number of nitrogens with one attached hydrogen (secondary N) is 2. The number of aryl methyl sites for hydroxylation is 1. The Morgan fingerprint density at radius 3 is 2.78 bits per heavy atom. The summed E-state index contributed by atoms with van der Waals surface area (Å²) in [4.78, 5) is 26.8. The van der Waals surface area contributed by atoms with Gasteiger partial charge in [0, 0.05) is 23.9 Å². The van der Waals surface area contributed by atoms with E-state index in [1.54, 1.807) is 30.5 Å². The van der Waals surface area contributed by atoms with Gasteiger partial charge < -0.3 is 9.73 Å². The van der Waals surface area contributed by atoms with Gasteiger partial charge in [-0.15, -0.1) is 0 Å². The normalized spacial score (nSPS) is 10.3. The van der Waals surface area contributed by atoms with Crippen LogP contribution in [0.3, 0.4) is 0 Å². The molecule has 0 radical (unpaired) electrons. The number of nitro groups is 1. The molecule has 8 nitrogen and oxygen atoms in total. The van der Waals surface area contributed by atoms with Gasteiger partial charge in [-0.1, -0.05) is 18.2 Å². The maximum absolute atomic E-state index is 12.3. The number of furan rings is 1. The molecule has 0 atom stereocenters. The fraction of sp³-hybridized carbons (Fsp3) is 0.0556. The summed E-state index contributed by atoms with van der Waals surface area (Å²) in [7, 11) is 0. The molecule has 3 aromatic rings. The van der Waals surface area contributed by atoms with E-state index >= 15 is 0 Å². The molecule has 0 aliphatic heterocycles. The number of thiocarbonyl (C=S) groups is 1. The summed E-state index contributed by atoms with van der Waals surface area (Å²) in [5.41, 5.74) is 1.30. The van der Waals surface area contributed by atoms with E-state index in [0.29, 0.717) is 17.1 Å². The average Bonchev–Trinajstić information content (AvgIpc) is 3.14. The zero-order valence-corrected chi connectivity index (χ0v) is 14.9. The number of benzene rings is 1. The van der Waals surface area contributed by atoms with E-state index < -0.39 is 10.8 Å². The lowest BCUT2D eigenvalue weighted by Crippen LogP contribution is -2.34.